The van der Waals surface area contributed by atoms with Crippen molar-refractivity contribution in [3.63, 3.8) is 0 Å². The van der Waals surface area contributed by atoms with Crippen LogP contribution >= 0.6 is 0 Å². The standard InChI is InChI=1S/C13H21N5/c1-4-14-12(13-9-17(2)10-15-13)6-5-11-7-8-16-18(11)3/h7-10,12,14H,4-6H2,1-3H3. The lowest BCUT2D eigenvalue weighted by atomic mass is 10.1. The molecule has 18 heavy (non-hydrogen) atoms. The van der Waals surface area contributed by atoms with Gasteiger partial charge in [0.15, 0.2) is 0 Å². The zero-order valence-corrected chi connectivity index (χ0v) is 11.3. The van der Waals surface area contributed by atoms with Crippen molar-refractivity contribution >= 4 is 0 Å². The largest absolute Gasteiger partial charge is 0.340 e. The molecule has 0 bridgehead atoms. The van der Waals surface area contributed by atoms with Crippen molar-refractivity contribution in [2.24, 2.45) is 14.1 Å². The molecule has 1 unspecified atom stereocenters. The Balaban J connectivity index is 2.01. The van der Waals surface area contributed by atoms with Crippen LogP contribution in [-0.2, 0) is 20.5 Å². The van der Waals surface area contributed by atoms with Gasteiger partial charge in [-0.25, -0.2) is 4.98 Å². The van der Waals surface area contributed by atoms with Crippen LogP contribution < -0.4 is 5.32 Å². The van der Waals surface area contributed by atoms with Gasteiger partial charge in [-0.05, 0) is 25.5 Å². The predicted molar refractivity (Wildman–Crippen MR) is 71.2 cm³/mol. The van der Waals surface area contributed by atoms with E-state index >= 15 is 0 Å². The Bertz CT molecular complexity index is 485. The first-order valence-electron chi connectivity index (χ1n) is 6.38. The highest BCUT2D eigenvalue weighted by Gasteiger charge is 2.13. The number of imidazole rings is 1. The molecule has 2 rings (SSSR count). The number of nitrogens with zero attached hydrogens (tertiary/aromatic N) is 4. The molecule has 0 amide bonds. The molecule has 2 heterocycles. The summed E-state index contributed by atoms with van der Waals surface area (Å²) in [6.07, 6.45) is 7.81. The first kappa shape index (κ1) is 12.8. The zero-order chi connectivity index (χ0) is 13.0. The molecule has 5 heteroatoms. The molecule has 0 saturated carbocycles. The summed E-state index contributed by atoms with van der Waals surface area (Å²) >= 11 is 0. The molecule has 2 aromatic heterocycles. The van der Waals surface area contributed by atoms with Gasteiger partial charge < -0.3 is 9.88 Å². The number of hydrogen-bond donors (Lipinski definition) is 1. The van der Waals surface area contributed by atoms with Crippen LogP contribution in [0.3, 0.4) is 0 Å². The van der Waals surface area contributed by atoms with Crippen LogP contribution in [0.15, 0.2) is 24.8 Å². The van der Waals surface area contributed by atoms with E-state index in [-0.39, 0.29) is 0 Å². The predicted octanol–water partition coefficient (Wildman–Crippen LogP) is 1.44. The van der Waals surface area contributed by atoms with Crippen molar-refractivity contribution in [3.05, 3.63) is 36.2 Å². The second kappa shape index (κ2) is 5.82. The van der Waals surface area contributed by atoms with Crippen LogP contribution in [0.5, 0.6) is 0 Å². The minimum absolute atomic E-state index is 0.311. The Morgan fingerprint density at radius 1 is 1.39 bits per heavy atom. The topological polar surface area (TPSA) is 47.7 Å². The van der Waals surface area contributed by atoms with E-state index in [1.165, 1.54) is 5.69 Å². The molecular weight excluding hydrogens is 226 g/mol. The van der Waals surface area contributed by atoms with Crippen LogP contribution in [-0.4, -0.2) is 25.9 Å². The van der Waals surface area contributed by atoms with E-state index in [4.69, 9.17) is 0 Å². The fourth-order valence-electron chi connectivity index (χ4n) is 2.15. The van der Waals surface area contributed by atoms with E-state index in [0.717, 1.165) is 25.1 Å². The van der Waals surface area contributed by atoms with E-state index < -0.39 is 0 Å². The van der Waals surface area contributed by atoms with E-state index in [9.17, 15) is 0 Å². The SMILES string of the molecule is CCNC(CCc1ccnn1C)c1cn(C)cn1. The van der Waals surface area contributed by atoms with Gasteiger partial charge in [0.2, 0.25) is 0 Å². The second-order valence-electron chi connectivity index (χ2n) is 4.56. The minimum Gasteiger partial charge on any atom is -0.340 e. The fraction of sp³-hybridized carbons (Fsp3) is 0.538. The Hall–Kier alpha value is -1.62. The second-order valence-corrected chi connectivity index (χ2v) is 4.56. The molecule has 1 N–H and O–H groups in total. The van der Waals surface area contributed by atoms with Gasteiger partial charge in [-0.3, -0.25) is 4.68 Å². The van der Waals surface area contributed by atoms with Gasteiger partial charge in [0.25, 0.3) is 0 Å². The molecule has 5 nitrogen and oxygen atoms in total. The lowest BCUT2D eigenvalue weighted by Crippen LogP contribution is -2.22. The monoisotopic (exact) mass is 247 g/mol. The highest BCUT2D eigenvalue weighted by Crippen LogP contribution is 2.17. The normalized spacial score (nSPS) is 12.8. The van der Waals surface area contributed by atoms with Crippen molar-refractivity contribution in [2.45, 2.75) is 25.8 Å². The maximum Gasteiger partial charge on any atom is 0.0947 e. The highest BCUT2D eigenvalue weighted by molar-refractivity contribution is 5.06. The molecule has 0 spiro atoms. The van der Waals surface area contributed by atoms with Crippen LogP contribution in [0.2, 0.25) is 0 Å². The number of aryl methyl sites for hydroxylation is 3. The molecule has 0 fully saturated rings. The Kier molecular flexibility index (Phi) is 4.15. The van der Waals surface area contributed by atoms with E-state index in [1.54, 1.807) is 0 Å². The van der Waals surface area contributed by atoms with Gasteiger partial charge in [0, 0.05) is 32.2 Å². The zero-order valence-electron chi connectivity index (χ0n) is 11.3. The quantitative estimate of drug-likeness (QED) is 0.840. The van der Waals surface area contributed by atoms with Crippen molar-refractivity contribution in [1.82, 2.24) is 24.6 Å². The molecule has 0 radical (unpaired) electrons. The summed E-state index contributed by atoms with van der Waals surface area (Å²) in [7, 11) is 3.99. The van der Waals surface area contributed by atoms with Crippen LogP contribution in [0.25, 0.3) is 0 Å². The molecule has 0 aliphatic rings. The summed E-state index contributed by atoms with van der Waals surface area (Å²) in [5.74, 6) is 0. The van der Waals surface area contributed by atoms with E-state index in [2.05, 4.69) is 34.6 Å². The summed E-state index contributed by atoms with van der Waals surface area (Å²) in [5.41, 5.74) is 2.37. The van der Waals surface area contributed by atoms with Gasteiger partial charge in [0.1, 0.15) is 0 Å². The number of hydrogen-bond acceptors (Lipinski definition) is 3. The van der Waals surface area contributed by atoms with Crippen LogP contribution in [0, 0.1) is 0 Å². The number of aromatic nitrogens is 4. The van der Waals surface area contributed by atoms with Crippen molar-refractivity contribution < 1.29 is 0 Å². The molecule has 98 valence electrons. The summed E-state index contributed by atoms with van der Waals surface area (Å²) < 4.78 is 3.92. The first-order valence-corrected chi connectivity index (χ1v) is 6.38. The Morgan fingerprint density at radius 3 is 2.78 bits per heavy atom. The summed E-state index contributed by atoms with van der Waals surface area (Å²) in [6.45, 7) is 3.08. The van der Waals surface area contributed by atoms with Gasteiger partial charge in [-0.1, -0.05) is 6.92 Å². The van der Waals surface area contributed by atoms with E-state index in [1.807, 2.05) is 35.9 Å². The minimum atomic E-state index is 0.311. The van der Waals surface area contributed by atoms with Crippen LogP contribution in [0.1, 0.15) is 30.8 Å². The Morgan fingerprint density at radius 2 is 2.22 bits per heavy atom. The number of nitrogens with one attached hydrogen (secondary N) is 1. The average molecular weight is 247 g/mol. The third-order valence-corrected chi connectivity index (χ3v) is 3.14. The molecule has 0 aliphatic heterocycles. The maximum absolute atomic E-state index is 4.44. The molecule has 0 aliphatic carbocycles. The van der Waals surface area contributed by atoms with E-state index in [0.29, 0.717) is 6.04 Å². The molecule has 2 aromatic rings. The lowest BCUT2D eigenvalue weighted by molar-refractivity contribution is 0.496. The first-order chi connectivity index (χ1) is 8.70. The van der Waals surface area contributed by atoms with Gasteiger partial charge >= 0.3 is 0 Å². The molecule has 0 saturated heterocycles. The third-order valence-electron chi connectivity index (χ3n) is 3.14. The third kappa shape index (κ3) is 2.98. The van der Waals surface area contributed by atoms with Crippen molar-refractivity contribution in [3.8, 4) is 0 Å². The van der Waals surface area contributed by atoms with Gasteiger partial charge in [-0.2, -0.15) is 5.10 Å². The highest BCUT2D eigenvalue weighted by atomic mass is 15.2. The van der Waals surface area contributed by atoms with Crippen molar-refractivity contribution in [1.29, 1.82) is 0 Å². The molecular formula is C13H21N5. The maximum atomic E-state index is 4.44. The van der Waals surface area contributed by atoms with Gasteiger partial charge in [0.05, 0.1) is 18.1 Å². The van der Waals surface area contributed by atoms with Crippen LogP contribution in [0.4, 0.5) is 0 Å². The summed E-state index contributed by atoms with van der Waals surface area (Å²) in [4.78, 5) is 4.44. The summed E-state index contributed by atoms with van der Waals surface area (Å²) in [6, 6.07) is 2.38. The average Bonchev–Trinajstić information content (AvgIpc) is 2.94. The smallest absolute Gasteiger partial charge is 0.0947 e. The lowest BCUT2D eigenvalue weighted by Gasteiger charge is -2.15. The Labute approximate surface area is 108 Å². The molecule has 1 atom stereocenters. The number of rotatable bonds is 6. The fourth-order valence-corrected chi connectivity index (χ4v) is 2.15. The molecule has 0 aromatic carbocycles. The van der Waals surface area contributed by atoms with Gasteiger partial charge in [-0.15, -0.1) is 0 Å². The van der Waals surface area contributed by atoms with Crippen molar-refractivity contribution in [2.75, 3.05) is 6.54 Å². The summed E-state index contributed by atoms with van der Waals surface area (Å²) in [5, 5.41) is 7.68.